The van der Waals surface area contributed by atoms with Gasteiger partial charge in [0.2, 0.25) is 5.43 Å². The Morgan fingerprint density at radius 2 is 1.71 bits per heavy atom. The molecular formula is C16H28N2O2S. The molecule has 1 aromatic rings. The van der Waals surface area contributed by atoms with Crippen molar-refractivity contribution in [2.24, 2.45) is 0 Å². The van der Waals surface area contributed by atoms with Crippen LogP contribution in [0.3, 0.4) is 0 Å². The summed E-state index contributed by atoms with van der Waals surface area (Å²) in [5.74, 6) is 0. The Morgan fingerprint density at radius 1 is 1.14 bits per heavy atom. The molecule has 21 heavy (non-hydrogen) atoms. The number of hydrogen-bond acceptors (Lipinski definition) is 5. The summed E-state index contributed by atoms with van der Waals surface area (Å²) in [6.07, 6.45) is 0. The third kappa shape index (κ3) is 4.59. The molecule has 0 bridgehead atoms. The van der Waals surface area contributed by atoms with Gasteiger partial charge in [0, 0.05) is 25.7 Å². The molecule has 0 atom stereocenters. The SMILES string of the molecule is CCN(C)CCOCCN(C)c1c(C(C)(C)C)c(=O)c1=S. The van der Waals surface area contributed by atoms with Gasteiger partial charge < -0.3 is 14.5 Å². The van der Waals surface area contributed by atoms with E-state index in [4.69, 9.17) is 17.0 Å². The fourth-order valence-electron chi connectivity index (χ4n) is 2.23. The number of rotatable bonds is 8. The molecule has 0 fully saturated rings. The lowest BCUT2D eigenvalue weighted by molar-refractivity contribution is 0.118. The van der Waals surface area contributed by atoms with E-state index in [0.717, 1.165) is 37.5 Å². The van der Waals surface area contributed by atoms with Crippen LogP contribution in [0.4, 0.5) is 5.69 Å². The van der Waals surface area contributed by atoms with Crippen LogP contribution in [0.25, 0.3) is 0 Å². The number of ether oxygens (including phenoxy) is 1. The Labute approximate surface area is 133 Å². The van der Waals surface area contributed by atoms with E-state index in [1.165, 1.54) is 0 Å². The van der Waals surface area contributed by atoms with Crippen LogP contribution in [0, 0.1) is 4.51 Å². The van der Waals surface area contributed by atoms with E-state index in [0.29, 0.717) is 11.1 Å². The van der Waals surface area contributed by atoms with Crippen molar-refractivity contribution < 1.29 is 4.74 Å². The lowest BCUT2D eigenvalue weighted by atomic mass is 9.82. The summed E-state index contributed by atoms with van der Waals surface area (Å²) in [4.78, 5) is 16.2. The van der Waals surface area contributed by atoms with Crippen molar-refractivity contribution in [1.29, 1.82) is 0 Å². The van der Waals surface area contributed by atoms with Crippen LogP contribution in [-0.4, -0.2) is 51.8 Å². The van der Waals surface area contributed by atoms with Gasteiger partial charge in [-0.05, 0) is 19.0 Å². The molecule has 120 valence electrons. The van der Waals surface area contributed by atoms with Crippen LogP contribution in [-0.2, 0) is 10.2 Å². The fourth-order valence-corrected chi connectivity index (χ4v) is 2.59. The van der Waals surface area contributed by atoms with Gasteiger partial charge in [-0.25, -0.2) is 0 Å². The molecule has 0 heterocycles. The third-order valence-corrected chi connectivity index (χ3v) is 4.12. The zero-order chi connectivity index (χ0) is 16.2. The Kier molecular flexibility index (Phi) is 6.50. The van der Waals surface area contributed by atoms with Crippen LogP contribution in [0.5, 0.6) is 0 Å². The number of anilines is 1. The molecule has 0 saturated carbocycles. The summed E-state index contributed by atoms with van der Waals surface area (Å²) >= 11 is 5.20. The highest BCUT2D eigenvalue weighted by molar-refractivity contribution is 7.71. The monoisotopic (exact) mass is 312 g/mol. The molecule has 0 spiro atoms. The zero-order valence-corrected chi connectivity index (χ0v) is 15.0. The van der Waals surface area contributed by atoms with E-state index in [-0.39, 0.29) is 10.8 Å². The van der Waals surface area contributed by atoms with Crippen molar-refractivity contribution in [3.8, 4) is 0 Å². The van der Waals surface area contributed by atoms with Gasteiger partial charge in [-0.2, -0.15) is 0 Å². The summed E-state index contributed by atoms with van der Waals surface area (Å²) < 4.78 is 6.11. The predicted molar refractivity (Wildman–Crippen MR) is 91.9 cm³/mol. The molecule has 0 amide bonds. The van der Waals surface area contributed by atoms with Crippen LogP contribution in [0.1, 0.15) is 33.3 Å². The maximum absolute atomic E-state index is 11.9. The second-order valence-corrected chi connectivity index (χ2v) is 6.97. The average Bonchev–Trinajstić information content (AvgIpc) is 2.40. The van der Waals surface area contributed by atoms with Crippen molar-refractivity contribution in [3.63, 3.8) is 0 Å². The van der Waals surface area contributed by atoms with Crippen molar-refractivity contribution >= 4 is 17.9 Å². The highest BCUT2D eigenvalue weighted by Gasteiger charge is 2.29. The summed E-state index contributed by atoms with van der Waals surface area (Å²) in [6.45, 7) is 12.4. The van der Waals surface area contributed by atoms with E-state index in [2.05, 4.69) is 18.9 Å². The van der Waals surface area contributed by atoms with Crippen LogP contribution in [0.15, 0.2) is 4.79 Å². The Balaban J connectivity index is 2.51. The minimum absolute atomic E-state index is 0.0323. The normalized spacial score (nSPS) is 12.3. The molecule has 4 nitrogen and oxygen atoms in total. The number of hydrogen-bond donors (Lipinski definition) is 0. The van der Waals surface area contributed by atoms with Crippen LogP contribution in [0.2, 0.25) is 0 Å². The first kappa shape index (κ1) is 18.3. The maximum Gasteiger partial charge on any atom is 0.204 e. The Bertz CT molecular complexity index is 527. The Morgan fingerprint density at radius 3 is 2.24 bits per heavy atom. The van der Waals surface area contributed by atoms with Gasteiger partial charge >= 0.3 is 0 Å². The lowest BCUT2D eigenvalue weighted by Gasteiger charge is -2.30. The minimum Gasteiger partial charge on any atom is -0.378 e. The van der Waals surface area contributed by atoms with Gasteiger partial charge in [-0.3, -0.25) is 4.79 Å². The topological polar surface area (TPSA) is 32.8 Å². The summed E-state index contributed by atoms with van der Waals surface area (Å²) in [5, 5.41) is 0. The van der Waals surface area contributed by atoms with Gasteiger partial charge in [-0.15, -0.1) is 0 Å². The highest BCUT2D eigenvalue weighted by Crippen LogP contribution is 2.32. The largest absolute Gasteiger partial charge is 0.378 e. The molecule has 0 saturated heterocycles. The molecule has 1 rings (SSSR count). The van der Waals surface area contributed by atoms with Gasteiger partial charge in [0.25, 0.3) is 0 Å². The van der Waals surface area contributed by atoms with Crippen molar-refractivity contribution in [3.05, 3.63) is 20.3 Å². The molecule has 0 aliphatic heterocycles. The van der Waals surface area contributed by atoms with E-state index >= 15 is 0 Å². The molecule has 0 aliphatic carbocycles. The molecule has 0 unspecified atom stereocenters. The van der Waals surface area contributed by atoms with Crippen molar-refractivity contribution in [2.45, 2.75) is 33.1 Å². The van der Waals surface area contributed by atoms with Gasteiger partial charge in [-0.1, -0.05) is 39.9 Å². The molecular weight excluding hydrogens is 284 g/mol. The first-order valence-corrected chi connectivity index (χ1v) is 7.92. The minimum atomic E-state index is -0.159. The second kappa shape index (κ2) is 7.47. The van der Waals surface area contributed by atoms with E-state index in [1.54, 1.807) is 0 Å². The van der Waals surface area contributed by atoms with Crippen LogP contribution < -0.4 is 10.3 Å². The molecule has 5 heteroatoms. The highest BCUT2D eigenvalue weighted by atomic mass is 32.1. The maximum atomic E-state index is 11.9. The molecule has 0 aliphatic rings. The van der Waals surface area contributed by atoms with Gasteiger partial charge in [0.1, 0.15) is 4.51 Å². The Hall–Kier alpha value is -0.780. The molecule has 0 radical (unpaired) electrons. The van der Waals surface area contributed by atoms with Gasteiger partial charge in [0.05, 0.1) is 18.9 Å². The standard InChI is InChI=1S/C16H28N2O2S/c1-7-17(5)8-10-20-11-9-18(6)13-12(16(2,3)4)14(19)15(13)21/h7-11H2,1-6H3. The smallest absolute Gasteiger partial charge is 0.204 e. The number of nitrogens with zero attached hydrogens (tertiary/aromatic N) is 2. The van der Waals surface area contributed by atoms with Crippen molar-refractivity contribution in [1.82, 2.24) is 4.90 Å². The van der Waals surface area contributed by atoms with E-state index in [9.17, 15) is 4.79 Å². The van der Waals surface area contributed by atoms with Crippen LogP contribution >= 0.6 is 12.2 Å². The summed E-state index contributed by atoms with van der Waals surface area (Å²) in [6, 6.07) is 0. The average molecular weight is 312 g/mol. The lowest BCUT2D eigenvalue weighted by Crippen LogP contribution is -2.36. The van der Waals surface area contributed by atoms with E-state index in [1.807, 2.05) is 32.7 Å². The van der Waals surface area contributed by atoms with Gasteiger partial charge in [0.15, 0.2) is 0 Å². The molecule has 0 N–H and O–H groups in total. The summed E-state index contributed by atoms with van der Waals surface area (Å²) in [7, 11) is 4.05. The zero-order valence-electron chi connectivity index (χ0n) is 14.2. The molecule has 0 aromatic heterocycles. The second-order valence-electron chi connectivity index (χ2n) is 6.56. The number of likely N-dealkylation sites (N-methyl/N-ethyl adjacent to an activating group) is 2. The first-order chi connectivity index (χ1) is 9.70. The van der Waals surface area contributed by atoms with E-state index < -0.39 is 0 Å². The fraction of sp³-hybridized carbons (Fsp3) is 0.750. The first-order valence-electron chi connectivity index (χ1n) is 7.51. The summed E-state index contributed by atoms with van der Waals surface area (Å²) in [5.41, 5.74) is 1.65. The third-order valence-electron chi connectivity index (χ3n) is 3.75. The quantitative estimate of drug-likeness (QED) is 0.543. The predicted octanol–water partition coefficient (Wildman–Crippen LogP) is 2.35. The molecule has 1 aromatic carbocycles. The van der Waals surface area contributed by atoms with Crippen molar-refractivity contribution in [2.75, 3.05) is 51.8 Å².